The highest BCUT2D eigenvalue weighted by Crippen LogP contribution is 2.14. The van der Waals surface area contributed by atoms with Crippen molar-refractivity contribution in [3.05, 3.63) is 65.2 Å². The van der Waals surface area contributed by atoms with Crippen LogP contribution < -0.4 is 16.6 Å². The maximum Gasteiger partial charge on any atom is 0.273 e. The molecule has 5 N–H and O–H groups in total. The Labute approximate surface area is 125 Å². The van der Waals surface area contributed by atoms with Gasteiger partial charge >= 0.3 is 0 Å². The molecule has 0 unspecified atom stereocenters. The van der Waals surface area contributed by atoms with Crippen LogP contribution in [-0.4, -0.2) is 22.8 Å². The van der Waals surface area contributed by atoms with E-state index in [-0.39, 0.29) is 22.4 Å². The molecule has 0 aromatic heterocycles. The monoisotopic (exact) mass is 299 g/mol. The molecular formula is C15H13N3O4. The van der Waals surface area contributed by atoms with Gasteiger partial charge in [-0.25, -0.2) is 0 Å². The third-order valence-electron chi connectivity index (χ3n) is 2.85. The standard InChI is InChI=1S/C15H13N3O4/c16-13(20)9-4-3-5-10(8-9)14(21)17-18-15(22)11-6-1-2-7-12(11)19/h1-8,19H,(H2,16,20)(H,17,21)(H,18,22). The summed E-state index contributed by atoms with van der Waals surface area (Å²) in [5.41, 5.74) is 9.85. The molecule has 0 saturated heterocycles. The van der Waals surface area contributed by atoms with Crippen LogP contribution in [0.2, 0.25) is 0 Å². The number of phenols is 1. The summed E-state index contributed by atoms with van der Waals surface area (Å²) in [6, 6.07) is 11.7. The van der Waals surface area contributed by atoms with E-state index in [4.69, 9.17) is 5.73 Å². The summed E-state index contributed by atoms with van der Waals surface area (Å²) >= 11 is 0. The number of para-hydroxylation sites is 1. The Morgan fingerprint density at radius 1 is 0.864 bits per heavy atom. The number of primary amides is 1. The average Bonchev–Trinajstić information content (AvgIpc) is 2.52. The van der Waals surface area contributed by atoms with Crippen molar-refractivity contribution in [3.8, 4) is 5.75 Å². The Hall–Kier alpha value is -3.35. The molecule has 7 heteroatoms. The quantitative estimate of drug-likeness (QED) is 0.619. The number of aromatic hydroxyl groups is 1. The molecule has 0 heterocycles. The van der Waals surface area contributed by atoms with Crippen molar-refractivity contribution in [2.45, 2.75) is 0 Å². The topological polar surface area (TPSA) is 122 Å². The molecule has 22 heavy (non-hydrogen) atoms. The number of nitrogens with two attached hydrogens (primary N) is 1. The van der Waals surface area contributed by atoms with Crippen LogP contribution in [-0.2, 0) is 0 Å². The predicted octanol–water partition coefficient (Wildman–Crippen LogP) is 0.566. The number of benzene rings is 2. The van der Waals surface area contributed by atoms with E-state index in [0.717, 1.165) is 0 Å². The Morgan fingerprint density at radius 3 is 2.18 bits per heavy atom. The number of carbonyl (C=O) groups is 3. The molecule has 0 saturated carbocycles. The summed E-state index contributed by atoms with van der Waals surface area (Å²) in [6.45, 7) is 0. The Bertz CT molecular complexity index is 743. The van der Waals surface area contributed by atoms with E-state index in [9.17, 15) is 19.5 Å². The van der Waals surface area contributed by atoms with E-state index < -0.39 is 17.7 Å². The summed E-state index contributed by atoms with van der Waals surface area (Å²) in [5, 5.41) is 9.54. The van der Waals surface area contributed by atoms with Gasteiger partial charge in [-0.1, -0.05) is 18.2 Å². The first kappa shape index (κ1) is 15.0. The molecule has 112 valence electrons. The molecule has 0 fully saturated rings. The largest absolute Gasteiger partial charge is 0.507 e. The Morgan fingerprint density at radius 2 is 1.50 bits per heavy atom. The number of hydrazine groups is 1. The van der Waals surface area contributed by atoms with Crippen molar-refractivity contribution in [3.63, 3.8) is 0 Å². The minimum absolute atomic E-state index is 0.0219. The molecule has 2 rings (SSSR count). The SMILES string of the molecule is NC(=O)c1cccc(C(=O)NNC(=O)c2ccccc2O)c1. The predicted molar refractivity (Wildman–Crippen MR) is 78.0 cm³/mol. The van der Waals surface area contributed by atoms with Crippen molar-refractivity contribution in [1.82, 2.24) is 10.9 Å². The minimum atomic E-state index is -0.669. The fourth-order valence-corrected chi connectivity index (χ4v) is 1.73. The van der Waals surface area contributed by atoms with Crippen LogP contribution >= 0.6 is 0 Å². The van der Waals surface area contributed by atoms with Gasteiger partial charge in [0.1, 0.15) is 5.75 Å². The highest BCUT2D eigenvalue weighted by Gasteiger charge is 2.12. The summed E-state index contributed by atoms with van der Waals surface area (Å²) in [6.07, 6.45) is 0. The maximum atomic E-state index is 11.9. The zero-order valence-electron chi connectivity index (χ0n) is 11.4. The second-order valence-corrected chi connectivity index (χ2v) is 4.37. The highest BCUT2D eigenvalue weighted by atomic mass is 16.3. The second-order valence-electron chi connectivity index (χ2n) is 4.37. The fraction of sp³-hybridized carbons (Fsp3) is 0. The van der Waals surface area contributed by atoms with Crippen molar-refractivity contribution in [2.24, 2.45) is 5.73 Å². The van der Waals surface area contributed by atoms with Gasteiger partial charge < -0.3 is 10.8 Å². The van der Waals surface area contributed by atoms with Crippen LogP contribution in [0.5, 0.6) is 5.75 Å². The van der Waals surface area contributed by atoms with E-state index in [1.165, 1.54) is 36.4 Å². The molecule has 0 radical (unpaired) electrons. The molecule has 7 nitrogen and oxygen atoms in total. The van der Waals surface area contributed by atoms with Crippen molar-refractivity contribution >= 4 is 17.7 Å². The van der Waals surface area contributed by atoms with Crippen LogP contribution in [0.3, 0.4) is 0 Å². The lowest BCUT2D eigenvalue weighted by Crippen LogP contribution is -2.41. The van der Waals surface area contributed by atoms with Gasteiger partial charge in [0, 0.05) is 11.1 Å². The fourth-order valence-electron chi connectivity index (χ4n) is 1.73. The van der Waals surface area contributed by atoms with Gasteiger partial charge in [0.2, 0.25) is 5.91 Å². The number of phenolic OH excluding ortho intramolecular Hbond substituents is 1. The van der Waals surface area contributed by atoms with Gasteiger partial charge in [-0.3, -0.25) is 25.2 Å². The number of carbonyl (C=O) groups excluding carboxylic acids is 3. The summed E-state index contributed by atoms with van der Waals surface area (Å²) in [7, 11) is 0. The number of nitrogens with one attached hydrogen (secondary N) is 2. The van der Waals surface area contributed by atoms with Gasteiger partial charge in [-0.05, 0) is 30.3 Å². The van der Waals surface area contributed by atoms with Crippen LogP contribution in [0, 0.1) is 0 Å². The first-order valence-corrected chi connectivity index (χ1v) is 6.27. The van der Waals surface area contributed by atoms with Crippen LogP contribution in [0.1, 0.15) is 31.1 Å². The van der Waals surface area contributed by atoms with Gasteiger partial charge in [0.25, 0.3) is 11.8 Å². The third kappa shape index (κ3) is 3.40. The number of hydrogen-bond donors (Lipinski definition) is 4. The number of amides is 3. The summed E-state index contributed by atoms with van der Waals surface area (Å²) in [5.74, 6) is -2.15. The maximum absolute atomic E-state index is 11.9. The van der Waals surface area contributed by atoms with E-state index in [2.05, 4.69) is 10.9 Å². The van der Waals surface area contributed by atoms with Gasteiger partial charge in [0.15, 0.2) is 0 Å². The summed E-state index contributed by atoms with van der Waals surface area (Å²) in [4.78, 5) is 34.8. The van der Waals surface area contributed by atoms with E-state index in [0.29, 0.717) is 0 Å². The molecule has 0 bridgehead atoms. The number of hydrogen-bond acceptors (Lipinski definition) is 4. The highest BCUT2D eigenvalue weighted by molar-refractivity contribution is 6.01. The second kappa shape index (κ2) is 6.40. The average molecular weight is 299 g/mol. The van der Waals surface area contributed by atoms with Gasteiger partial charge in [0.05, 0.1) is 5.56 Å². The molecule has 2 aromatic rings. The molecule has 0 aliphatic carbocycles. The van der Waals surface area contributed by atoms with Crippen LogP contribution in [0.25, 0.3) is 0 Å². The first-order valence-electron chi connectivity index (χ1n) is 6.27. The van der Waals surface area contributed by atoms with Crippen LogP contribution in [0.15, 0.2) is 48.5 Å². The molecule has 2 aromatic carbocycles. The lowest BCUT2D eigenvalue weighted by molar-refractivity contribution is 0.0845. The normalized spacial score (nSPS) is 9.82. The molecule has 0 aliphatic heterocycles. The molecule has 0 aliphatic rings. The smallest absolute Gasteiger partial charge is 0.273 e. The van der Waals surface area contributed by atoms with Crippen LogP contribution in [0.4, 0.5) is 0 Å². The minimum Gasteiger partial charge on any atom is -0.507 e. The molecular weight excluding hydrogens is 286 g/mol. The zero-order valence-corrected chi connectivity index (χ0v) is 11.4. The van der Waals surface area contributed by atoms with Crippen molar-refractivity contribution in [2.75, 3.05) is 0 Å². The van der Waals surface area contributed by atoms with Crippen molar-refractivity contribution < 1.29 is 19.5 Å². The van der Waals surface area contributed by atoms with Gasteiger partial charge in [-0.15, -0.1) is 0 Å². The van der Waals surface area contributed by atoms with E-state index in [1.807, 2.05) is 0 Å². The molecule has 0 atom stereocenters. The zero-order chi connectivity index (χ0) is 16.1. The molecule has 0 spiro atoms. The third-order valence-corrected chi connectivity index (χ3v) is 2.85. The Balaban J connectivity index is 2.04. The Kier molecular flexibility index (Phi) is 4.38. The van der Waals surface area contributed by atoms with Gasteiger partial charge in [-0.2, -0.15) is 0 Å². The first-order chi connectivity index (χ1) is 10.5. The van der Waals surface area contributed by atoms with Crippen molar-refractivity contribution in [1.29, 1.82) is 0 Å². The lowest BCUT2D eigenvalue weighted by Gasteiger charge is -2.08. The lowest BCUT2D eigenvalue weighted by atomic mass is 10.1. The molecule has 3 amide bonds. The number of rotatable bonds is 3. The summed E-state index contributed by atoms with van der Waals surface area (Å²) < 4.78 is 0. The van der Waals surface area contributed by atoms with E-state index in [1.54, 1.807) is 12.1 Å². The van der Waals surface area contributed by atoms with E-state index >= 15 is 0 Å².